The van der Waals surface area contributed by atoms with Gasteiger partial charge < -0.3 is 5.32 Å². The average molecular weight is 412 g/mol. The fourth-order valence-corrected chi connectivity index (χ4v) is 4.96. The zero-order valence-electron chi connectivity index (χ0n) is 14.4. The molecular weight excluding hydrogens is 386 g/mol. The lowest BCUT2D eigenvalue weighted by Crippen LogP contribution is -2.40. The van der Waals surface area contributed by atoms with Crippen molar-refractivity contribution in [3.8, 4) is 0 Å². The molecule has 0 aliphatic carbocycles. The fraction of sp³-hybridized carbons (Fsp3) is 0.600. The molecule has 2 N–H and O–H groups in total. The van der Waals surface area contributed by atoms with Crippen molar-refractivity contribution in [3.05, 3.63) is 24.3 Å². The van der Waals surface area contributed by atoms with Crippen LogP contribution in [0.3, 0.4) is 0 Å². The van der Waals surface area contributed by atoms with Gasteiger partial charge in [-0.15, -0.1) is 12.4 Å². The van der Waals surface area contributed by atoms with Gasteiger partial charge in [0.1, 0.15) is 0 Å². The number of piperidine rings is 1. The van der Waals surface area contributed by atoms with Crippen LogP contribution in [-0.4, -0.2) is 54.4 Å². The molecule has 1 aromatic carbocycles. The second-order valence-corrected chi connectivity index (χ2v) is 9.66. The van der Waals surface area contributed by atoms with Gasteiger partial charge in [-0.2, -0.15) is 4.31 Å². The Morgan fingerprint density at radius 2 is 1.56 bits per heavy atom. The number of sulfonamides is 2. The summed E-state index contributed by atoms with van der Waals surface area (Å²) < 4.78 is 52.5. The van der Waals surface area contributed by atoms with Gasteiger partial charge in [0.15, 0.2) is 0 Å². The molecule has 0 radical (unpaired) electrons. The van der Waals surface area contributed by atoms with Gasteiger partial charge in [0.2, 0.25) is 20.0 Å². The first-order chi connectivity index (χ1) is 11.3. The van der Waals surface area contributed by atoms with Gasteiger partial charge >= 0.3 is 0 Å². The first kappa shape index (κ1) is 22.3. The molecule has 144 valence electrons. The molecule has 0 bridgehead atoms. The summed E-state index contributed by atoms with van der Waals surface area (Å²) >= 11 is 0. The van der Waals surface area contributed by atoms with Crippen LogP contribution in [0.25, 0.3) is 0 Å². The van der Waals surface area contributed by atoms with Crippen molar-refractivity contribution in [3.63, 3.8) is 0 Å². The molecule has 0 amide bonds. The number of halogens is 1. The molecule has 1 fully saturated rings. The predicted octanol–water partition coefficient (Wildman–Crippen LogP) is 1.03. The lowest BCUT2D eigenvalue weighted by molar-refractivity contribution is 0.268. The number of benzene rings is 1. The number of hydrogen-bond donors (Lipinski definition) is 2. The molecule has 1 aliphatic heterocycles. The Hall–Kier alpha value is -0.710. The molecule has 1 heterocycles. The number of nitrogens with one attached hydrogen (secondary N) is 2. The van der Waals surface area contributed by atoms with Crippen molar-refractivity contribution in [2.24, 2.45) is 5.92 Å². The van der Waals surface area contributed by atoms with Gasteiger partial charge in [0.25, 0.3) is 0 Å². The highest BCUT2D eigenvalue weighted by Crippen LogP contribution is 2.24. The third-order valence-electron chi connectivity index (χ3n) is 4.30. The highest BCUT2D eigenvalue weighted by atomic mass is 35.5. The van der Waals surface area contributed by atoms with Gasteiger partial charge in [-0.05, 0) is 63.2 Å². The third-order valence-corrected chi connectivity index (χ3v) is 7.64. The van der Waals surface area contributed by atoms with Crippen LogP contribution >= 0.6 is 12.4 Å². The minimum Gasteiger partial charge on any atom is -0.317 e. The van der Waals surface area contributed by atoms with Gasteiger partial charge in [-0.3, -0.25) is 0 Å². The Morgan fingerprint density at radius 3 is 2.04 bits per heavy atom. The van der Waals surface area contributed by atoms with E-state index in [4.69, 9.17) is 0 Å². The maximum atomic E-state index is 12.7. The van der Waals surface area contributed by atoms with Crippen LogP contribution in [-0.2, 0) is 20.0 Å². The Morgan fingerprint density at radius 1 is 1.04 bits per heavy atom. The Bertz CT molecular complexity index is 743. The van der Waals surface area contributed by atoms with Crippen LogP contribution < -0.4 is 10.0 Å². The summed E-state index contributed by atoms with van der Waals surface area (Å²) in [6.07, 6.45) is 1.66. The normalized spacial score (nSPS) is 17.2. The second kappa shape index (κ2) is 9.29. The second-order valence-electron chi connectivity index (χ2n) is 5.83. The van der Waals surface area contributed by atoms with Gasteiger partial charge in [-0.1, -0.05) is 6.92 Å². The highest BCUT2D eigenvalue weighted by molar-refractivity contribution is 7.89. The standard InChI is InChI=1S/C15H25N3O4S2.ClH/c1-3-17-12-13-8-10-18(11-9-13)24(21,22)15-6-4-14(5-7-15)23(19,20)16-2;/h4-7,13,16-17H,3,8-12H2,1-2H3;1H. The zero-order valence-corrected chi connectivity index (χ0v) is 16.9. The quantitative estimate of drug-likeness (QED) is 0.698. The summed E-state index contributed by atoms with van der Waals surface area (Å²) in [6.45, 7) is 4.88. The molecule has 1 saturated heterocycles. The first-order valence-corrected chi connectivity index (χ1v) is 11.0. The zero-order chi connectivity index (χ0) is 17.8. The Labute approximate surface area is 156 Å². The summed E-state index contributed by atoms with van der Waals surface area (Å²) in [5.74, 6) is 0.500. The number of hydrogen-bond acceptors (Lipinski definition) is 5. The van der Waals surface area contributed by atoms with E-state index in [1.54, 1.807) is 0 Å². The molecule has 0 aromatic heterocycles. The van der Waals surface area contributed by atoms with Crippen molar-refractivity contribution in [1.29, 1.82) is 0 Å². The van der Waals surface area contributed by atoms with Gasteiger partial charge in [-0.25, -0.2) is 21.6 Å². The minimum atomic E-state index is -3.58. The molecule has 10 heteroatoms. The van der Waals surface area contributed by atoms with E-state index in [9.17, 15) is 16.8 Å². The van der Waals surface area contributed by atoms with Crippen LogP contribution in [0.1, 0.15) is 19.8 Å². The van der Waals surface area contributed by atoms with Crippen molar-refractivity contribution < 1.29 is 16.8 Å². The average Bonchev–Trinajstić information content (AvgIpc) is 2.60. The topological polar surface area (TPSA) is 95.6 Å². The monoisotopic (exact) mass is 411 g/mol. The molecule has 0 unspecified atom stereocenters. The smallest absolute Gasteiger partial charge is 0.243 e. The predicted molar refractivity (Wildman–Crippen MR) is 100.0 cm³/mol. The largest absolute Gasteiger partial charge is 0.317 e. The molecular formula is C15H26ClN3O4S2. The minimum absolute atomic E-state index is 0. The van der Waals surface area contributed by atoms with Crippen molar-refractivity contribution in [1.82, 2.24) is 14.3 Å². The lowest BCUT2D eigenvalue weighted by atomic mass is 9.98. The maximum Gasteiger partial charge on any atom is 0.243 e. The summed E-state index contributed by atoms with van der Waals surface area (Å²) in [5.41, 5.74) is 0. The van der Waals surface area contributed by atoms with Gasteiger partial charge in [0, 0.05) is 13.1 Å². The summed E-state index contributed by atoms with van der Waals surface area (Å²) in [7, 11) is -5.83. The van der Waals surface area contributed by atoms with Crippen molar-refractivity contribution in [2.75, 3.05) is 33.2 Å². The van der Waals surface area contributed by atoms with Crippen LogP contribution in [0.4, 0.5) is 0 Å². The Balaban J connectivity index is 0.00000312. The van der Waals surface area contributed by atoms with E-state index in [-0.39, 0.29) is 22.2 Å². The summed E-state index contributed by atoms with van der Waals surface area (Å²) in [5, 5.41) is 3.30. The van der Waals surface area contributed by atoms with Gasteiger partial charge in [0.05, 0.1) is 9.79 Å². The van der Waals surface area contributed by atoms with Crippen LogP contribution in [0.5, 0.6) is 0 Å². The summed E-state index contributed by atoms with van der Waals surface area (Å²) in [4.78, 5) is 0.177. The molecule has 0 spiro atoms. The van der Waals surface area contributed by atoms with E-state index in [1.165, 1.54) is 35.6 Å². The third kappa shape index (κ3) is 5.38. The molecule has 7 nitrogen and oxygen atoms in total. The summed E-state index contributed by atoms with van der Waals surface area (Å²) in [6, 6.07) is 5.34. The molecule has 0 saturated carbocycles. The lowest BCUT2D eigenvalue weighted by Gasteiger charge is -2.31. The van der Waals surface area contributed by atoms with Crippen LogP contribution in [0.15, 0.2) is 34.1 Å². The van der Waals surface area contributed by atoms with E-state index in [0.29, 0.717) is 19.0 Å². The number of rotatable bonds is 7. The molecule has 25 heavy (non-hydrogen) atoms. The van der Waals surface area contributed by atoms with Crippen LogP contribution in [0, 0.1) is 5.92 Å². The van der Waals surface area contributed by atoms with E-state index in [0.717, 1.165) is 25.9 Å². The fourth-order valence-electron chi connectivity index (χ4n) is 2.76. The van der Waals surface area contributed by atoms with E-state index in [1.807, 2.05) is 0 Å². The molecule has 0 atom stereocenters. The molecule has 1 aromatic rings. The molecule has 1 aliphatic rings. The van der Waals surface area contributed by atoms with E-state index >= 15 is 0 Å². The number of nitrogens with zero attached hydrogens (tertiary/aromatic N) is 1. The van der Waals surface area contributed by atoms with E-state index < -0.39 is 20.0 Å². The van der Waals surface area contributed by atoms with Crippen molar-refractivity contribution >= 4 is 32.5 Å². The van der Waals surface area contributed by atoms with Crippen LogP contribution in [0.2, 0.25) is 0 Å². The van der Waals surface area contributed by atoms with E-state index in [2.05, 4.69) is 17.0 Å². The maximum absolute atomic E-state index is 12.7. The SMILES string of the molecule is CCNCC1CCN(S(=O)(=O)c2ccc(S(=O)(=O)NC)cc2)CC1.Cl. The first-order valence-electron chi connectivity index (χ1n) is 8.05. The highest BCUT2D eigenvalue weighted by Gasteiger charge is 2.29. The molecule has 2 rings (SSSR count). The Kier molecular flexibility index (Phi) is 8.30. The van der Waals surface area contributed by atoms with Crippen molar-refractivity contribution in [2.45, 2.75) is 29.6 Å².